The normalized spacial score (nSPS) is 10.8. The summed E-state index contributed by atoms with van der Waals surface area (Å²) in [4.78, 5) is 24.6. The number of rotatable bonds is 6. The van der Waals surface area contributed by atoms with Crippen molar-refractivity contribution < 1.29 is 28.6 Å². The Morgan fingerprint density at radius 3 is 1.26 bits per heavy atom. The van der Waals surface area contributed by atoms with Crippen molar-refractivity contribution in [2.75, 3.05) is 11.5 Å². The predicted molar refractivity (Wildman–Crippen MR) is 131 cm³/mol. The second kappa shape index (κ2) is 9.47. The van der Waals surface area contributed by atoms with Crippen molar-refractivity contribution in [2.24, 2.45) is 0 Å². The maximum Gasteiger partial charge on any atom is 0.336 e. The van der Waals surface area contributed by atoms with Crippen LogP contribution in [0.1, 0.15) is 20.7 Å². The van der Waals surface area contributed by atoms with E-state index < -0.39 is 23.6 Å². The van der Waals surface area contributed by atoms with Crippen LogP contribution in [0, 0.1) is 11.6 Å². The SMILES string of the molecule is Nc1ccc(C(=O)O)c(-c2ccc(Sc3ccc(-c4c(C(=O)O)ccc(N)c4F)cc3)cc2)c1F. The van der Waals surface area contributed by atoms with E-state index in [0.717, 1.165) is 9.79 Å². The minimum Gasteiger partial charge on any atom is -0.478 e. The highest BCUT2D eigenvalue weighted by Gasteiger charge is 2.20. The molecule has 0 heterocycles. The number of aromatic carboxylic acids is 2. The van der Waals surface area contributed by atoms with Crippen LogP contribution in [0.3, 0.4) is 0 Å². The molecule has 0 aliphatic carbocycles. The lowest BCUT2D eigenvalue weighted by Crippen LogP contribution is -2.04. The highest BCUT2D eigenvalue weighted by atomic mass is 32.2. The lowest BCUT2D eigenvalue weighted by Gasteiger charge is -2.11. The summed E-state index contributed by atoms with van der Waals surface area (Å²) in [6.45, 7) is 0. The van der Waals surface area contributed by atoms with Gasteiger partial charge in [-0.15, -0.1) is 0 Å². The average Bonchev–Trinajstić information content (AvgIpc) is 2.83. The first-order valence-electron chi connectivity index (χ1n) is 10.2. The maximum atomic E-state index is 14.6. The van der Waals surface area contributed by atoms with Crippen LogP contribution < -0.4 is 11.5 Å². The molecule has 0 saturated carbocycles. The van der Waals surface area contributed by atoms with Crippen LogP contribution in [0.2, 0.25) is 0 Å². The number of nitrogens with two attached hydrogens (primary N) is 2. The van der Waals surface area contributed by atoms with Crippen LogP contribution in [0.5, 0.6) is 0 Å². The Hall–Kier alpha value is -4.37. The van der Waals surface area contributed by atoms with Crippen molar-refractivity contribution >= 4 is 35.1 Å². The monoisotopic (exact) mass is 492 g/mol. The zero-order valence-electron chi connectivity index (χ0n) is 18.0. The number of halogens is 2. The Morgan fingerprint density at radius 1 is 0.600 bits per heavy atom. The van der Waals surface area contributed by atoms with Crippen molar-refractivity contribution in [1.82, 2.24) is 0 Å². The Morgan fingerprint density at radius 2 is 0.943 bits per heavy atom. The number of nitrogen functional groups attached to an aromatic ring is 2. The summed E-state index contributed by atoms with van der Waals surface area (Å²) in [6, 6.07) is 18.2. The van der Waals surface area contributed by atoms with E-state index >= 15 is 0 Å². The van der Waals surface area contributed by atoms with E-state index in [1.807, 2.05) is 0 Å². The van der Waals surface area contributed by atoms with Gasteiger partial charge < -0.3 is 21.7 Å². The number of hydrogen-bond acceptors (Lipinski definition) is 5. The molecule has 4 aromatic carbocycles. The Balaban J connectivity index is 1.61. The van der Waals surface area contributed by atoms with Gasteiger partial charge in [0.05, 0.1) is 22.5 Å². The van der Waals surface area contributed by atoms with E-state index in [9.17, 15) is 28.6 Å². The number of anilines is 2. The van der Waals surface area contributed by atoms with Crippen LogP contribution in [-0.2, 0) is 0 Å². The molecule has 9 heteroatoms. The third kappa shape index (κ3) is 4.67. The summed E-state index contributed by atoms with van der Waals surface area (Å²) in [5.41, 5.74) is 11.1. The number of carboxylic acids is 2. The molecule has 0 atom stereocenters. The molecule has 176 valence electrons. The fraction of sp³-hybridized carbons (Fsp3) is 0. The smallest absolute Gasteiger partial charge is 0.336 e. The van der Waals surface area contributed by atoms with Crippen molar-refractivity contribution in [3.05, 3.63) is 95.6 Å². The maximum absolute atomic E-state index is 14.6. The summed E-state index contributed by atoms with van der Waals surface area (Å²) in [6.07, 6.45) is 0. The molecule has 0 saturated heterocycles. The van der Waals surface area contributed by atoms with Gasteiger partial charge in [0.15, 0.2) is 11.6 Å². The van der Waals surface area contributed by atoms with Gasteiger partial charge in [-0.2, -0.15) is 0 Å². The molecule has 0 aromatic heterocycles. The molecule has 35 heavy (non-hydrogen) atoms. The standard InChI is InChI=1S/C26H18F2N2O4S/c27-23-19(29)11-9-17(25(31)32)21(23)13-1-5-15(6-2-13)35-16-7-3-14(4-8-16)22-18(26(33)34)10-12-20(30)24(22)28/h1-12H,29-30H2,(H,31,32)(H,33,34). The van der Waals surface area contributed by atoms with E-state index in [2.05, 4.69) is 0 Å². The van der Waals surface area contributed by atoms with Crippen molar-refractivity contribution in [3.63, 3.8) is 0 Å². The highest BCUT2D eigenvalue weighted by molar-refractivity contribution is 7.99. The second-order valence-corrected chi connectivity index (χ2v) is 8.69. The van der Waals surface area contributed by atoms with Crippen molar-refractivity contribution in [3.8, 4) is 22.3 Å². The fourth-order valence-corrected chi connectivity index (χ4v) is 4.44. The summed E-state index contributed by atoms with van der Waals surface area (Å²) >= 11 is 1.36. The van der Waals surface area contributed by atoms with Gasteiger partial charge in [-0.05, 0) is 59.7 Å². The Labute approximate surface area is 202 Å². The highest BCUT2D eigenvalue weighted by Crippen LogP contribution is 2.36. The van der Waals surface area contributed by atoms with Crippen LogP contribution in [0.4, 0.5) is 20.2 Å². The molecule has 0 bridgehead atoms. The van der Waals surface area contributed by atoms with Gasteiger partial charge in [-0.1, -0.05) is 36.0 Å². The van der Waals surface area contributed by atoms with Crippen LogP contribution >= 0.6 is 11.8 Å². The van der Waals surface area contributed by atoms with Crippen molar-refractivity contribution in [2.45, 2.75) is 9.79 Å². The first kappa shape index (κ1) is 23.8. The first-order valence-corrected chi connectivity index (χ1v) is 11.0. The number of carboxylic acid groups (broad SMARTS) is 2. The minimum absolute atomic E-state index is 0.0863. The lowest BCUT2D eigenvalue weighted by molar-refractivity contribution is 0.0686. The average molecular weight is 493 g/mol. The number of benzene rings is 4. The number of carbonyl (C=O) groups is 2. The van der Waals surface area contributed by atoms with Gasteiger partial charge in [0, 0.05) is 20.9 Å². The van der Waals surface area contributed by atoms with E-state index in [1.54, 1.807) is 48.5 Å². The van der Waals surface area contributed by atoms with Gasteiger partial charge >= 0.3 is 11.9 Å². The van der Waals surface area contributed by atoms with Crippen LogP contribution in [-0.4, -0.2) is 22.2 Å². The fourth-order valence-electron chi connectivity index (χ4n) is 3.62. The van der Waals surface area contributed by atoms with Gasteiger partial charge in [0.2, 0.25) is 0 Å². The van der Waals surface area contributed by atoms with E-state index in [4.69, 9.17) is 11.5 Å². The van der Waals surface area contributed by atoms with Gasteiger partial charge in [-0.3, -0.25) is 0 Å². The zero-order chi connectivity index (χ0) is 25.3. The Kier molecular flexibility index (Phi) is 6.44. The molecule has 0 radical (unpaired) electrons. The van der Waals surface area contributed by atoms with Crippen LogP contribution in [0.25, 0.3) is 22.3 Å². The molecule has 0 fully saturated rings. The second-order valence-electron chi connectivity index (χ2n) is 7.54. The van der Waals surface area contributed by atoms with Gasteiger partial charge in [0.1, 0.15) is 0 Å². The van der Waals surface area contributed by atoms with E-state index in [1.165, 1.54) is 36.0 Å². The third-order valence-electron chi connectivity index (χ3n) is 5.33. The lowest BCUT2D eigenvalue weighted by atomic mass is 9.98. The Bertz CT molecular complexity index is 1350. The molecular formula is C26H18F2N2O4S. The number of hydrogen-bond donors (Lipinski definition) is 4. The van der Waals surface area contributed by atoms with E-state index in [0.29, 0.717) is 11.1 Å². The topological polar surface area (TPSA) is 127 Å². The first-order chi connectivity index (χ1) is 16.7. The summed E-state index contributed by atoms with van der Waals surface area (Å²) in [5, 5.41) is 18.8. The van der Waals surface area contributed by atoms with Gasteiger partial charge in [-0.25, -0.2) is 18.4 Å². The molecule has 0 spiro atoms. The summed E-state index contributed by atoms with van der Waals surface area (Å²) in [7, 11) is 0. The molecule has 6 nitrogen and oxygen atoms in total. The molecule has 6 N–H and O–H groups in total. The molecule has 0 amide bonds. The minimum atomic E-state index is -1.26. The molecule has 0 aliphatic heterocycles. The summed E-state index contributed by atoms with van der Waals surface area (Å²) in [5.74, 6) is -4.12. The quantitative estimate of drug-likeness (QED) is 0.243. The largest absolute Gasteiger partial charge is 0.478 e. The third-order valence-corrected chi connectivity index (χ3v) is 6.34. The summed E-state index contributed by atoms with van der Waals surface area (Å²) < 4.78 is 29.2. The molecule has 0 unspecified atom stereocenters. The molecule has 4 rings (SSSR count). The predicted octanol–water partition coefficient (Wildman–Crippen LogP) is 6.01. The molecular weight excluding hydrogens is 474 g/mol. The van der Waals surface area contributed by atoms with E-state index in [-0.39, 0.29) is 33.6 Å². The van der Waals surface area contributed by atoms with Crippen LogP contribution in [0.15, 0.2) is 82.6 Å². The zero-order valence-corrected chi connectivity index (χ0v) is 18.8. The molecule has 0 aliphatic rings. The van der Waals surface area contributed by atoms with Gasteiger partial charge in [0.25, 0.3) is 0 Å². The van der Waals surface area contributed by atoms with Crippen molar-refractivity contribution in [1.29, 1.82) is 0 Å². The molecule has 4 aromatic rings.